The minimum atomic E-state index is -0.449. The van der Waals surface area contributed by atoms with E-state index in [9.17, 15) is 4.39 Å². The summed E-state index contributed by atoms with van der Waals surface area (Å²) in [7, 11) is 3.18. The van der Waals surface area contributed by atoms with E-state index in [0.29, 0.717) is 28.5 Å². The van der Waals surface area contributed by atoms with Crippen LogP contribution >= 0.6 is 0 Å². The average molecular weight is 436 g/mol. The fourth-order valence-corrected chi connectivity index (χ4v) is 3.57. The van der Waals surface area contributed by atoms with Crippen molar-refractivity contribution in [2.45, 2.75) is 32.2 Å². The van der Waals surface area contributed by atoms with E-state index in [1.54, 1.807) is 24.8 Å². The molecule has 0 saturated heterocycles. The maximum atomic E-state index is 14.3. The van der Waals surface area contributed by atoms with Gasteiger partial charge in [-0.25, -0.2) is 4.39 Å². The molecular formula is C24H26FN5O2. The number of anilines is 1. The van der Waals surface area contributed by atoms with Crippen molar-refractivity contribution in [3.05, 3.63) is 77.4 Å². The van der Waals surface area contributed by atoms with Gasteiger partial charge < -0.3 is 14.8 Å². The van der Waals surface area contributed by atoms with Gasteiger partial charge in [0.2, 0.25) is 0 Å². The summed E-state index contributed by atoms with van der Waals surface area (Å²) in [6.07, 6.45) is 0. The van der Waals surface area contributed by atoms with Gasteiger partial charge in [-0.1, -0.05) is 32.9 Å². The van der Waals surface area contributed by atoms with E-state index >= 15 is 0 Å². The topological polar surface area (TPSA) is 73.6 Å². The second-order valence-corrected chi connectivity index (χ2v) is 8.50. The van der Waals surface area contributed by atoms with Crippen LogP contribution in [-0.4, -0.2) is 34.0 Å². The zero-order valence-corrected chi connectivity index (χ0v) is 18.8. The number of aromatic nitrogens is 4. The van der Waals surface area contributed by atoms with Gasteiger partial charge in [0, 0.05) is 11.0 Å². The van der Waals surface area contributed by atoms with Crippen LogP contribution < -0.4 is 14.8 Å². The number of nitrogens with zero attached hydrogens (tertiary/aromatic N) is 4. The van der Waals surface area contributed by atoms with Crippen LogP contribution in [0.1, 0.15) is 43.8 Å². The van der Waals surface area contributed by atoms with E-state index in [1.165, 1.54) is 12.1 Å². The Morgan fingerprint density at radius 3 is 2.50 bits per heavy atom. The zero-order valence-electron chi connectivity index (χ0n) is 18.8. The summed E-state index contributed by atoms with van der Waals surface area (Å²) >= 11 is 0. The van der Waals surface area contributed by atoms with Gasteiger partial charge in [0.05, 0.1) is 20.3 Å². The molecule has 4 rings (SSSR count). The van der Waals surface area contributed by atoms with Crippen LogP contribution in [0.5, 0.6) is 11.5 Å². The maximum Gasteiger partial charge on any atom is 0.178 e. The van der Waals surface area contributed by atoms with Gasteiger partial charge >= 0.3 is 0 Å². The first-order valence-corrected chi connectivity index (χ1v) is 10.3. The molecule has 1 unspecified atom stereocenters. The van der Waals surface area contributed by atoms with E-state index in [-0.39, 0.29) is 11.2 Å². The Bertz CT molecular complexity index is 1250. The third-order valence-corrected chi connectivity index (χ3v) is 5.16. The van der Waals surface area contributed by atoms with Crippen LogP contribution in [0.3, 0.4) is 0 Å². The first kappa shape index (κ1) is 21.5. The Labute approximate surface area is 186 Å². The van der Waals surface area contributed by atoms with E-state index in [4.69, 9.17) is 14.6 Å². The molecule has 4 aromatic rings. The highest BCUT2D eigenvalue weighted by atomic mass is 19.1. The minimum absolute atomic E-state index is 0.233. The fraction of sp³-hybridized carbons (Fsp3) is 0.292. The number of hydrogen-bond acceptors (Lipinski definition) is 6. The second-order valence-electron chi connectivity index (χ2n) is 8.50. The lowest BCUT2D eigenvalue weighted by molar-refractivity contribution is 0.406. The van der Waals surface area contributed by atoms with Gasteiger partial charge in [0.1, 0.15) is 23.1 Å². The van der Waals surface area contributed by atoms with E-state index in [1.807, 2.05) is 36.4 Å². The first-order chi connectivity index (χ1) is 15.3. The Hall–Kier alpha value is -3.68. The molecule has 0 amide bonds. The molecule has 1 atom stereocenters. The van der Waals surface area contributed by atoms with Gasteiger partial charge in [-0.15, -0.1) is 15.3 Å². The smallest absolute Gasteiger partial charge is 0.178 e. The number of rotatable bonds is 6. The number of ether oxygens (including phenoxy) is 2. The van der Waals surface area contributed by atoms with Crippen LogP contribution in [0.25, 0.3) is 5.65 Å². The number of hydrogen-bond donors (Lipinski definition) is 1. The zero-order chi connectivity index (χ0) is 22.9. The molecule has 2 aromatic heterocycles. The van der Waals surface area contributed by atoms with Crippen molar-refractivity contribution in [1.29, 1.82) is 0 Å². The molecular weight excluding hydrogens is 409 g/mol. The van der Waals surface area contributed by atoms with Gasteiger partial charge in [-0.2, -0.15) is 4.52 Å². The van der Waals surface area contributed by atoms with Crippen molar-refractivity contribution < 1.29 is 13.9 Å². The molecule has 0 saturated carbocycles. The lowest BCUT2D eigenvalue weighted by atomic mass is 9.96. The third kappa shape index (κ3) is 4.21. The molecule has 166 valence electrons. The lowest BCUT2D eigenvalue weighted by Gasteiger charge is -2.23. The summed E-state index contributed by atoms with van der Waals surface area (Å²) in [5.74, 6) is 2.24. The molecule has 0 radical (unpaired) electrons. The molecule has 2 aromatic carbocycles. The van der Waals surface area contributed by atoms with Crippen molar-refractivity contribution in [1.82, 2.24) is 19.8 Å². The molecule has 0 fully saturated rings. The molecule has 0 aliphatic heterocycles. The Morgan fingerprint density at radius 1 is 0.969 bits per heavy atom. The molecule has 8 heteroatoms. The Balaban J connectivity index is 1.83. The molecule has 32 heavy (non-hydrogen) atoms. The monoisotopic (exact) mass is 435 g/mol. The molecule has 0 spiro atoms. The fourth-order valence-electron chi connectivity index (χ4n) is 3.57. The third-order valence-electron chi connectivity index (χ3n) is 5.16. The predicted molar refractivity (Wildman–Crippen MR) is 121 cm³/mol. The number of nitrogens with one attached hydrogen (secondary N) is 1. The van der Waals surface area contributed by atoms with E-state index in [0.717, 1.165) is 11.4 Å². The lowest BCUT2D eigenvalue weighted by Crippen LogP contribution is -2.19. The number of benzene rings is 2. The van der Waals surface area contributed by atoms with Crippen molar-refractivity contribution in [3.8, 4) is 11.5 Å². The summed E-state index contributed by atoms with van der Waals surface area (Å²) in [5, 5.41) is 16.7. The van der Waals surface area contributed by atoms with Gasteiger partial charge in [0.15, 0.2) is 11.5 Å². The van der Waals surface area contributed by atoms with Crippen LogP contribution in [-0.2, 0) is 5.41 Å². The van der Waals surface area contributed by atoms with E-state index in [2.05, 4.69) is 36.3 Å². The minimum Gasteiger partial charge on any atom is -0.497 e. The van der Waals surface area contributed by atoms with Crippen LogP contribution in [0.4, 0.5) is 10.2 Å². The molecule has 0 bridgehead atoms. The number of halogens is 1. The molecule has 1 N–H and O–H groups in total. The van der Waals surface area contributed by atoms with Crippen molar-refractivity contribution in [2.75, 3.05) is 19.5 Å². The Morgan fingerprint density at radius 2 is 1.78 bits per heavy atom. The Kier molecular flexibility index (Phi) is 5.69. The van der Waals surface area contributed by atoms with Gasteiger partial charge in [-0.05, 0) is 48.0 Å². The van der Waals surface area contributed by atoms with Crippen LogP contribution in [0.15, 0.2) is 54.6 Å². The van der Waals surface area contributed by atoms with Crippen molar-refractivity contribution in [2.24, 2.45) is 0 Å². The number of fused-ring (bicyclic) bond motifs is 1. The van der Waals surface area contributed by atoms with Gasteiger partial charge in [-0.3, -0.25) is 0 Å². The predicted octanol–water partition coefficient (Wildman–Crippen LogP) is 4.78. The highest BCUT2D eigenvalue weighted by Crippen LogP contribution is 2.34. The van der Waals surface area contributed by atoms with Crippen molar-refractivity contribution in [3.63, 3.8) is 0 Å². The number of methoxy groups -OCH3 is 2. The standard InChI is InChI=1S/C24H26FN5O2/c1-24(2,3)23-28-27-21-12-11-20(29-30(21)23)26-22(15-7-6-8-17(13-15)31-4)18-14-16(25)9-10-19(18)32-5/h6-14,22H,1-5H3,(H,26,29). The summed E-state index contributed by atoms with van der Waals surface area (Å²) in [5.41, 5.74) is 1.93. The summed E-state index contributed by atoms with van der Waals surface area (Å²) < 4.78 is 26.9. The van der Waals surface area contributed by atoms with Crippen molar-refractivity contribution >= 4 is 11.5 Å². The summed E-state index contributed by atoms with van der Waals surface area (Å²) in [6.45, 7) is 6.17. The normalized spacial score (nSPS) is 12.6. The van der Waals surface area contributed by atoms with Gasteiger partial charge in [0.25, 0.3) is 0 Å². The van der Waals surface area contributed by atoms with E-state index < -0.39 is 6.04 Å². The maximum absolute atomic E-state index is 14.3. The molecule has 0 aliphatic carbocycles. The first-order valence-electron chi connectivity index (χ1n) is 10.3. The summed E-state index contributed by atoms with van der Waals surface area (Å²) in [6, 6.07) is 15.3. The highest BCUT2D eigenvalue weighted by Gasteiger charge is 2.24. The largest absolute Gasteiger partial charge is 0.497 e. The quantitative estimate of drug-likeness (QED) is 0.470. The molecule has 0 aliphatic rings. The molecule has 7 nitrogen and oxygen atoms in total. The van der Waals surface area contributed by atoms with Crippen LogP contribution in [0.2, 0.25) is 0 Å². The SMILES string of the molecule is COc1cccc(C(Nc2ccc3nnc(C(C)(C)C)n3n2)c2cc(F)ccc2OC)c1. The highest BCUT2D eigenvalue weighted by molar-refractivity contribution is 5.52. The summed E-state index contributed by atoms with van der Waals surface area (Å²) in [4.78, 5) is 0. The van der Waals surface area contributed by atoms with Crippen LogP contribution in [0, 0.1) is 5.82 Å². The second kappa shape index (κ2) is 8.45. The average Bonchev–Trinajstić information content (AvgIpc) is 3.21. The molecule has 2 heterocycles.